The van der Waals surface area contributed by atoms with Crippen molar-refractivity contribution < 1.29 is 5.11 Å². The van der Waals surface area contributed by atoms with Crippen molar-refractivity contribution in [2.24, 2.45) is 5.41 Å². The fourth-order valence-electron chi connectivity index (χ4n) is 1.99. The SMILES string of the molecule is CC(C)(C)C(O)c1ccccc1C1CC1. The van der Waals surface area contributed by atoms with Crippen LogP contribution in [-0.4, -0.2) is 5.11 Å². The van der Waals surface area contributed by atoms with E-state index in [1.807, 2.05) is 6.07 Å². The molecule has 0 aliphatic heterocycles. The molecular formula is C14H20O. The smallest absolute Gasteiger partial charge is 0.0841 e. The number of aliphatic hydroxyl groups is 1. The molecule has 1 aliphatic carbocycles. The number of benzene rings is 1. The molecular weight excluding hydrogens is 184 g/mol. The summed E-state index contributed by atoms with van der Waals surface area (Å²) in [6.07, 6.45) is 2.22. The summed E-state index contributed by atoms with van der Waals surface area (Å²) in [6, 6.07) is 8.34. The molecule has 82 valence electrons. The molecule has 0 saturated heterocycles. The molecule has 0 amide bonds. The van der Waals surface area contributed by atoms with Gasteiger partial charge in [-0.25, -0.2) is 0 Å². The highest BCUT2D eigenvalue weighted by Gasteiger charge is 2.31. The lowest BCUT2D eigenvalue weighted by Gasteiger charge is -2.28. The minimum atomic E-state index is -0.353. The maximum atomic E-state index is 10.3. The highest BCUT2D eigenvalue weighted by Crippen LogP contribution is 2.45. The monoisotopic (exact) mass is 204 g/mol. The van der Waals surface area contributed by atoms with E-state index in [1.165, 1.54) is 18.4 Å². The topological polar surface area (TPSA) is 20.2 Å². The van der Waals surface area contributed by atoms with Crippen LogP contribution in [0, 0.1) is 5.41 Å². The molecule has 0 spiro atoms. The van der Waals surface area contributed by atoms with Gasteiger partial charge in [0.2, 0.25) is 0 Å². The summed E-state index contributed by atoms with van der Waals surface area (Å²) in [6.45, 7) is 6.25. The molecule has 1 heteroatoms. The van der Waals surface area contributed by atoms with Gasteiger partial charge in [-0.15, -0.1) is 0 Å². The fourth-order valence-corrected chi connectivity index (χ4v) is 1.99. The minimum absolute atomic E-state index is 0.0784. The van der Waals surface area contributed by atoms with E-state index in [4.69, 9.17) is 0 Å². The van der Waals surface area contributed by atoms with Gasteiger partial charge in [0, 0.05) is 0 Å². The predicted octanol–water partition coefficient (Wildman–Crippen LogP) is 3.64. The summed E-state index contributed by atoms with van der Waals surface area (Å²) in [5, 5.41) is 10.3. The van der Waals surface area contributed by atoms with Gasteiger partial charge < -0.3 is 5.11 Å². The Morgan fingerprint density at radius 2 is 1.80 bits per heavy atom. The molecule has 0 aromatic heterocycles. The Morgan fingerprint density at radius 1 is 1.20 bits per heavy atom. The van der Waals surface area contributed by atoms with Gasteiger partial charge in [0.05, 0.1) is 6.10 Å². The first-order chi connectivity index (χ1) is 7.00. The van der Waals surface area contributed by atoms with Crippen molar-refractivity contribution in [2.45, 2.75) is 45.6 Å². The first-order valence-electron chi connectivity index (χ1n) is 5.77. The van der Waals surface area contributed by atoms with Gasteiger partial charge in [0.25, 0.3) is 0 Å². The first kappa shape index (κ1) is 10.7. The van der Waals surface area contributed by atoms with Crippen LogP contribution in [0.4, 0.5) is 0 Å². The van der Waals surface area contributed by atoms with Crippen molar-refractivity contribution in [2.75, 3.05) is 0 Å². The summed E-state index contributed by atoms with van der Waals surface area (Å²) < 4.78 is 0. The molecule has 1 unspecified atom stereocenters. The summed E-state index contributed by atoms with van der Waals surface area (Å²) in [5.41, 5.74) is 2.41. The molecule has 1 aromatic carbocycles. The molecule has 0 heterocycles. The van der Waals surface area contributed by atoms with Crippen LogP contribution in [-0.2, 0) is 0 Å². The van der Waals surface area contributed by atoms with E-state index in [-0.39, 0.29) is 11.5 Å². The minimum Gasteiger partial charge on any atom is -0.388 e. The van der Waals surface area contributed by atoms with Crippen LogP contribution in [0.2, 0.25) is 0 Å². The molecule has 1 saturated carbocycles. The number of hydrogen-bond donors (Lipinski definition) is 1. The van der Waals surface area contributed by atoms with E-state index in [9.17, 15) is 5.11 Å². The van der Waals surface area contributed by atoms with Crippen LogP contribution in [0.1, 0.15) is 56.8 Å². The van der Waals surface area contributed by atoms with Gasteiger partial charge in [-0.1, -0.05) is 45.0 Å². The van der Waals surface area contributed by atoms with Crippen LogP contribution in [0.3, 0.4) is 0 Å². The van der Waals surface area contributed by atoms with Gasteiger partial charge >= 0.3 is 0 Å². The maximum absolute atomic E-state index is 10.3. The average Bonchev–Trinajstić information content (AvgIpc) is 2.98. The highest BCUT2D eigenvalue weighted by molar-refractivity contribution is 5.35. The van der Waals surface area contributed by atoms with Crippen molar-refractivity contribution in [3.8, 4) is 0 Å². The Kier molecular flexibility index (Phi) is 2.59. The molecule has 1 atom stereocenters. The van der Waals surface area contributed by atoms with Crippen LogP contribution >= 0.6 is 0 Å². The zero-order chi connectivity index (χ0) is 11.1. The Hall–Kier alpha value is -0.820. The molecule has 1 N–H and O–H groups in total. The van der Waals surface area contributed by atoms with Gasteiger partial charge in [-0.05, 0) is 35.3 Å². The zero-order valence-corrected chi connectivity index (χ0v) is 9.83. The van der Waals surface area contributed by atoms with Gasteiger partial charge in [-0.2, -0.15) is 0 Å². The van der Waals surface area contributed by atoms with Crippen molar-refractivity contribution in [1.29, 1.82) is 0 Å². The van der Waals surface area contributed by atoms with Gasteiger partial charge in [-0.3, -0.25) is 0 Å². The molecule has 0 radical (unpaired) electrons. The van der Waals surface area contributed by atoms with E-state index in [0.717, 1.165) is 5.56 Å². The Bertz CT molecular complexity index is 345. The standard InChI is InChI=1S/C14H20O/c1-14(2,3)13(15)12-7-5-4-6-11(12)10-8-9-10/h4-7,10,13,15H,8-9H2,1-3H3. The van der Waals surface area contributed by atoms with Gasteiger partial charge in [0.1, 0.15) is 0 Å². The molecule has 0 bridgehead atoms. The number of hydrogen-bond acceptors (Lipinski definition) is 1. The summed E-state index contributed by atoms with van der Waals surface area (Å²) in [7, 11) is 0. The number of aliphatic hydroxyl groups excluding tert-OH is 1. The fraction of sp³-hybridized carbons (Fsp3) is 0.571. The summed E-state index contributed by atoms with van der Waals surface area (Å²) in [5.74, 6) is 0.707. The normalized spacial score (nSPS) is 18.9. The van der Waals surface area contributed by atoms with E-state index in [2.05, 4.69) is 39.0 Å². The lowest BCUT2D eigenvalue weighted by Crippen LogP contribution is -2.19. The number of rotatable bonds is 2. The molecule has 1 aromatic rings. The predicted molar refractivity (Wildman–Crippen MR) is 62.8 cm³/mol. The van der Waals surface area contributed by atoms with Crippen molar-refractivity contribution in [1.82, 2.24) is 0 Å². The van der Waals surface area contributed by atoms with E-state index in [0.29, 0.717) is 5.92 Å². The van der Waals surface area contributed by atoms with E-state index >= 15 is 0 Å². The van der Waals surface area contributed by atoms with Crippen LogP contribution in [0.5, 0.6) is 0 Å². The second-order valence-electron chi connectivity index (χ2n) is 5.67. The largest absolute Gasteiger partial charge is 0.388 e. The first-order valence-corrected chi connectivity index (χ1v) is 5.77. The molecule has 15 heavy (non-hydrogen) atoms. The molecule has 1 fully saturated rings. The molecule has 1 nitrogen and oxygen atoms in total. The summed E-state index contributed by atoms with van der Waals surface area (Å²) >= 11 is 0. The van der Waals surface area contributed by atoms with Crippen molar-refractivity contribution >= 4 is 0 Å². The van der Waals surface area contributed by atoms with Crippen LogP contribution in [0.15, 0.2) is 24.3 Å². The second kappa shape index (κ2) is 3.64. The third kappa shape index (κ3) is 2.23. The van der Waals surface area contributed by atoms with Crippen LogP contribution < -0.4 is 0 Å². The zero-order valence-electron chi connectivity index (χ0n) is 9.83. The lowest BCUT2D eigenvalue weighted by molar-refractivity contribution is 0.0619. The van der Waals surface area contributed by atoms with E-state index in [1.54, 1.807) is 0 Å². The van der Waals surface area contributed by atoms with Gasteiger partial charge in [0.15, 0.2) is 0 Å². The molecule has 2 rings (SSSR count). The molecule has 1 aliphatic rings. The maximum Gasteiger partial charge on any atom is 0.0841 e. The van der Waals surface area contributed by atoms with Crippen LogP contribution in [0.25, 0.3) is 0 Å². The second-order valence-corrected chi connectivity index (χ2v) is 5.67. The van der Waals surface area contributed by atoms with Crippen molar-refractivity contribution in [3.05, 3.63) is 35.4 Å². The third-order valence-electron chi connectivity index (χ3n) is 3.13. The summed E-state index contributed by atoms with van der Waals surface area (Å²) in [4.78, 5) is 0. The third-order valence-corrected chi connectivity index (χ3v) is 3.13. The Morgan fingerprint density at radius 3 is 2.33 bits per heavy atom. The Labute approximate surface area is 92.1 Å². The quantitative estimate of drug-likeness (QED) is 0.779. The highest BCUT2D eigenvalue weighted by atomic mass is 16.3. The van der Waals surface area contributed by atoms with E-state index < -0.39 is 0 Å². The Balaban J connectivity index is 2.34. The van der Waals surface area contributed by atoms with Crippen molar-refractivity contribution in [3.63, 3.8) is 0 Å². The average molecular weight is 204 g/mol. The lowest BCUT2D eigenvalue weighted by atomic mass is 9.82.